The van der Waals surface area contributed by atoms with E-state index < -0.39 is 0 Å². The lowest BCUT2D eigenvalue weighted by Gasteiger charge is -2.08. The third kappa shape index (κ3) is 3.72. The van der Waals surface area contributed by atoms with Crippen LogP contribution in [-0.4, -0.2) is 31.7 Å². The molecule has 5 nitrogen and oxygen atoms in total. The Balaban J connectivity index is 1.72. The number of halogens is 1. The van der Waals surface area contributed by atoms with Crippen LogP contribution < -0.4 is 14.8 Å². The number of methoxy groups -OCH3 is 2. The molecule has 1 aromatic heterocycles. The Hall–Kier alpha value is -2.66. The Labute approximate surface area is 150 Å². The van der Waals surface area contributed by atoms with Crippen LogP contribution in [0.5, 0.6) is 11.5 Å². The minimum atomic E-state index is -0.132. The summed E-state index contributed by atoms with van der Waals surface area (Å²) in [6.07, 6.45) is 2.43. The number of aromatic amines is 1. The van der Waals surface area contributed by atoms with Gasteiger partial charge in [-0.1, -0.05) is 23.7 Å². The predicted molar refractivity (Wildman–Crippen MR) is 98.9 cm³/mol. The molecule has 0 aliphatic rings. The van der Waals surface area contributed by atoms with Crippen molar-refractivity contribution in [3.8, 4) is 11.5 Å². The molecular formula is C19H19ClN2O3. The van der Waals surface area contributed by atoms with Crippen molar-refractivity contribution in [1.29, 1.82) is 0 Å². The summed E-state index contributed by atoms with van der Waals surface area (Å²) in [4.78, 5) is 15.6. The molecule has 0 saturated heterocycles. The molecule has 0 unspecified atom stereocenters. The third-order valence-corrected chi connectivity index (χ3v) is 4.29. The third-order valence-electron chi connectivity index (χ3n) is 4.04. The number of rotatable bonds is 6. The zero-order valence-corrected chi connectivity index (χ0v) is 14.8. The molecule has 3 rings (SSSR count). The molecule has 0 fully saturated rings. The van der Waals surface area contributed by atoms with Crippen LogP contribution in [-0.2, 0) is 6.42 Å². The second kappa shape index (κ2) is 7.49. The van der Waals surface area contributed by atoms with Gasteiger partial charge in [-0.3, -0.25) is 4.79 Å². The molecule has 2 N–H and O–H groups in total. The second-order valence-electron chi connectivity index (χ2n) is 5.59. The summed E-state index contributed by atoms with van der Waals surface area (Å²) in [5, 5.41) is 4.44. The van der Waals surface area contributed by atoms with Crippen molar-refractivity contribution in [2.45, 2.75) is 6.42 Å². The fraction of sp³-hybridized carbons (Fsp3) is 0.211. The Kier molecular flexibility index (Phi) is 5.14. The summed E-state index contributed by atoms with van der Waals surface area (Å²) in [6, 6.07) is 11.2. The zero-order chi connectivity index (χ0) is 17.8. The molecule has 0 radical (unpaired) electrons. The Bertz CT molecular complexity index is 888. The van der Waals surface area contributed by atoms with Crippen LogP contribution in [0.3, 0.4) is 0 Å². The number of fused-ring (bicyclic) bond motifs is 1. The first-order valence-electron chi connectivity index (χ1n) is 7.88. The first kappa shape index (κ1) is 17.2. The summed E-state index contributed by atoms with van der Waals surface area (Å²) in [5.74, 6) is 1.07. The quantitative estimate of drug-likeness (QED) is 0.704. The summed E-state index contributed by atoms with van der Waals surface area (Å²) >= 11 is 5.87. The lowest BCUT2D eigenvalue weighted by molar-refractivity contribution is 0.0956. The van der Waals surface area contributed by atoms with Gasteiger partial charge >= 0.3 is 0 Å². The van der Waals surface area contributed by atoms with E-state index in [1.54, 1.807) is 26.5 Å². The maximum Gasteiger partial charge on any atom is 0.253 e. The van der Waals surface area contributed by atoms with Gasteiger partial charge in [0, 0.05) is 29.2 Å². The fourth-order valence-corrected chi connectivity index (χ4v) is 2.83. The number of nitrogens with one attached hydrogen (secondary N) is 2. The van der Waals surface area contributed by atoms with E-state index in [-0.39, 0.29) is 5.91 Å². The highest BCUT2D eigenvalue weighted by molar-refractivity contribution is 6.30. The molecule has 0 aliphatic carbocycles. The number of carbonyl (C=O) groups is 1. The molecule has 3 aromatic rings. The van der Waals surface area contributed by atoms with Crippen molar-refractivity contribution < 1.29 is 14.3 Å². The average molecular weight is 359 g/mol. The first-order chi connectivity index (χ1) is 12.1. The Morgan fingerprint density at radius 2 is 1.80 bits per heavy atom. The van der Waals surface area contributed by atoms with Gasteiger partial charge in [0.15, 0.2) is 11.5 Å². The highest BCUT2D eigenvalue weighted by Gasteiger charge is 2.15. The molecule has 0 bridgehead atoms. The molecule has 1 heterocycles. The minimum absolute atomic E-state index is 0.132. The molecule has 25 heavy (non-hydrogen) atoms. The van der Waals surface area contributed by atoms with E-state index in [4.69, 9.17) is 21.1 Å². The number of hydrogen-bond acceptors (Lipinski definition) is 3. The number of aromatic nitrogens is 1. The number of carbonyl (C=O) groups excluding carboxylic acids is 1. The highest BCUT2D eigenvalue weighted by Crippen LogP contribution is 2.33. The van der Waals surface area contributed by atoms with Crippen molar-refractivity contribution in [3.63, 3.8) is 0 Å². The smallest absolute Gasteiger partial charge is 0.253 e. The van der Waals surface area contributed by atoms with Crippen LogP contribution in [0.15, 0.2) is 42.6 Å². The monoisotopic (exact) mass is 358 g/mol. The second-order valence-corrected chi connectivity index (χ2v) is 6.02. The van der Waals surface area contributed by atoms with Crippen LogP contribution in [0.2, 0.25) is 5.02 Å². The highest BCUT2D eigenvalue weighted by atomic mass is 35.5. The number of hydrogen-bond donors (Lipinski definition) is 2. The Morgan fingerprint density at radius 3 is 2.48 bits per heavy atom. The first-order valence-corrected chi connectivity index (χ1v) is 8.26. The normalized spacial score (nSPS) is 10.7. The van der Waals surface area contributed by atoms with Gasteiger partial charge in [-0.05, 0) is 30.2 Å². The molecule has 130 valence electrons. The van der Waals surface area contributed by atoms with Gasteiger partial charge in [-0.15, -0.1) is 0 Å². The van der Waals surface area contributed by atoms with Crippen LogP contribution in [0, 0.1) is 0 Å². The summed E-state index contributed by atoms with van der Waals surface area (Å²) in [5.41, 5.74) is 2.52. The van der Waals surface area contributed by atoms with Crippen LogP contribution >= 0.6 is 11.6 Å². The lowest BCUT2D eigenvalue weighted by atomic mass is 10.1. The van der Waals surface area contributed by atoms with Gasteiger partial charge in [-0.2, -0.15) is 0 Å². The van der Waals surface area contributed by atoms with E-state index in [1.165, 1.54) is 0 Å². The van der Waals surface area contributed by atoms with Crippen molar-refractivity contribution in [3.05, 3.63) is 58.7 Å². The van der Waals surface area contributed by atoms with Gasteiger partial charge < -0.3 is 19.8 Å². The van der Waals surface area contributed by atoms with Crippen molar-refractivity contribution in [2.24, 2.45) is 0 Å². The van der Waals surface area contributed by atoms with E-state index in [0.29, 0.717) is 28.6 Å². The Morgan fingerprint density at radius 1 is 1.12 bits per heavy atom. The van der Waals surface area contributed by atoms with E-state index >= 15 is 0 Å². The molecule has 0 atom stereocenters. The van der Waals surface area contributed by atoms with Gasteiger partial charge in [0.25, 0.3) is 5.91 Å². The number of H-pyrrole nitrogens is 1. The van der Waals surface area contributed by atoms with Crippen molar-refractivity contribution in [2.75, 3.05) is 20.8 Å². The standard InChI is InChI=1S/C19H19ClN2O3/c1-24-17-9-14-15(11-22-16(14)10-18(17)25-2)19(23)21-8-7-12-3-5-13(20)6-4-12/h3-6,9-11,22H,7-8H2,1-2H3,(H,21,23). The van der Waals surface area contributed by atoms with E-state index in [1.807, 2.05) is 30.3 Å². The predicted octanol–water partition coefficient (Wildman–Crippen LogP) is 3.81. The summed E-state index contributed by atoms with van der Waals surface area (Å²) in [6.45, 7) is 0.542. The molecule has 0 spiro atoms. The van der Waals surface area contributed by atoms with E-state index in [2.05, 4.69) is 10.3 Å². The summed E-state index contributed by atoms with van der Waals surface area (Å²) < 4.78 is 10.6. The average Bonchev–Trinajstić information content (AvgIpc) is 3.04. The van der Waals surface area contributed by atoms with Gasteiger partial charge in [-0.25, -0.2) is 0 Å². The maximum absolute atomic E-state index is 12.5. The van der Waals surface area contributed by atoms with E-state index in [0.717, 1.165) is 22.9 Å². The number of amides is 1. The lowest BCUT2D eigenvalue weighted by Crippen LogP contribution is -2.25. The minimum Gasteiger partial charge on any atom is -0.493 e. The van der Waals surface area contributed by atoms with Crippen LogP contribution in [0.4, 0.5) is 0 Å². The van der Waals surface area contributed by atoms with Crippen molar-refractivity contribution in [1.82, 2.24) is 10.3 Å². The SMILES string of the molecule is COc1cc2[nH]cc(C(=O)NCCc3ccc(Cl)cc3)c2cc1OC. The molecule has 0 saturated carbocycles. The van der Waals surface area contributed by atoms with E-state index in [9.17, 15) is 4.79 Å². The molecule has 1 amide bonds. The largest absolute Gasteiger partial charge is 0.493 e. The van der Waals surface area contributed by atoms with Gasteiger partial charge in [0.1, 0.15) is 0 Å². The van der Waals surface area contributed by atoms with Crippen molar-refractivity contribution >= 4 is 28.4 Å². The number of ether oxygens (including phenoxy) is 2. The maximum atomic E-state index is 12.5. The van der Waals surface area contributed by atoms with Gasteiger partial charge in [0.2, 0.25) is 0 Å². The molecule has 0 aliphatic heterocycles. The molecular weight excluding hydrogens is 340 g/mol. The topological polar surface area (TPSA) is 63.4 Å². The zero-order valence-electron chi connectivity index (χ0n) is 14.1. The van der Waals surface area contributed by atoms with Gasteiger partial charge in [0.05, 0.1) is 25.3 Å². The summed E-state index contributed by atoms with van der Waals surface area (Å²) in [7, 11) is 3.15. The van der Waals surface area contributed by atoms with Crippen LogP contribution in [0.1, 0.15) is 15.9 Å². The van der Waals surface area contributed by atoms with Crippen LogP contribution in [0.25, 0.3) is 10.9 Å². The fourth-order valence-electron chi connectivity index (χ4n) is 2.70. The number of benzene rings is 2. The molecule has 6 heteroatoms. The molecule has 2 aromatic carbocycles.